The van der Waals surface area contributed by atoms with Crippen LogP contribution in [-0.4, -0.2) is 50.2 Å². The minimum Gasteiger partial charge on any atom is -0.465 e. The van der Waals surface area contributed by atoms with Gasteiger partial charge in [-0.2, -0.15) is 0 Å². The van der Waals surface area contributed by atoms with Crippen LogP contribution in [0.15, 0.2) is 18.3 Å². The summed E-state index contributed by atoms with van der Waals surface area (Å²) >= 11 is 0. The van der Waals surface area contributed by atoms with Crippen molar-refractivity contribution >= 4 is 11.8 Å². The highest BCUT2D eigenvalue weighted by atomic mass is 16.7. The topological polar surface area (TPSA) is 60.9 Å². The number of pyridine rings is 1. The molecule has 6 nitrogen and oxygen atoms in total. The maximum atomic E-state index is 11.5. The van der Waals surface area contributed by atoms with Crippen molar-refractivity contribution in [1.82, 2.24) is 4.98 Å². The molecule has 0 atom stereocenters. The fraction of sp³-hybridized carbons (Fsp3) is 0.571. The number of carbonyl (C=O) groups is 1. The van der Waals surface area contributed by atoms with Crippen LogP contribution in [0.5, 0.6) is 0 Å². The Hall–Kier alpha value is -1.66. The summed E-state index contributed by atoms with van der Waals surface area (Å²) in [6, 6.07) is 3.42. The summed E-state index contributed by atoms with van der Waals surface area (Å²) < 4.78 is 16.1. The molecular formula is C14H18N2O4. The SMILES string of the molecule is COC(=O)c1ccnc(N2CCC3(CC2)OCCO3)c1. The van der Waals surface area contributed by atoms with Crippen LogP contribution in [0.4, 0.5) is 5.82 Å². The lowest BCUT2D eigenvalue weighted by Crippen LogP contribution is -2.45. The van der Waals surface area contributed by atoms with E-state index in [1.165, 1.54) is 7.11 Å². The molecule has 3 heterocycles. The van der Waals surface area contributed by atoms with E-state index in [0.717, 1.165) is 31.7 Å². The van der Waals surface area contributed by atoms with Crippen molar-refractivity contribution in [2.24, 2.45) is 0 Å². The Balaban J connectivity index is 1.70. The molecule has 1 spiro atoms. The summed E-state index contributed by atoms with van der Waals surface area (Å²) in [5.41, 5.74) is 0.520. The summed E-state index contributed by atoms with van der Waals surface area (Å²) in [6.07, 6.45) is 3.27. The van der Waals surface area contributed by atoms with Gasteiger partial charge < -0.3 is 19.1 Å². The van der Waals surface area contributed by atoms with E-state index in [2.05, 4.69) is 9.88 Å². The summed E-state index contributed by atoms with van der Waals surface area (Å²) in [7, 11) is 1.38. The Labute approximate surface area is 117 Å². The number of hydrogen-bond acceptors (Lipinski definition) is 6. The van der Waals surface area contributed by atoms with Crippen molar-refractivity contribution in [2.45, 2.75) is 18.6 Å². The van der Waals surface area contributed by atoms with E-state index >= 15 is 0 Å². The normalized spacial score (nSPS) is 21.1. The Morgan fingerprint density at radius 3 is 2.70 bits per heavy atom. The Morgan fingerprint density at radius 2 is 2.05 bits per heavy atom. The number of hydrogen-bond donors (Lipinski definition) is 0. The molecule has 20 heavy (non-hydrogen) atoms. The van der Waals surface area contributed by atoms with Crippen LogP contribution >= 0.6 is 0 Å². The fourth-order valence-corrected chi connectivity index (χ4v) is 2.70. The molecule has 6 heteroatoms. The van der Waals surface area contributed by atoms with Crippen LogP contribution in [0, 0.1) is 0 Å². The average Bonchev–Trinajstić information content (AvgIpc) is 2.95. The summed E-state index contributed by atoms with van der Waals surface area (Å²) in [5.74, 6) is 0.0570. The number of methoxy groups -OCH3 is 1. The third kappa shape index (κ3) is 2.48. The van der Waals surface area contributed by atoms with Gasteiger partial charge in [0.1, 0.15) is 5.82 Å². The van der Waals surface area contributed by atoms with E-state index in [1.807, 2.05) is 0 Å². The lowest BCUT2D eigenvalue weighted by atomic mass is 10.0. The number of esters is 1. The second-order valence-corrected chi connectivity index (χ2v) is 4.99. The molecule has 0 amide bonds. The van der Waals surface area contributed by atoms with Crippen LogP contribution < -0.4 is 4.90 Å². The van der Waals surface area contributed by atoms with Crippen LogP contribution in [0.3, 0.4) is 0 Å². The fourth-order valence-electron chi connectivity index (χ4n) is 2.70. The minimum absolute atomic E-state index is 0.343. The van der Waals surface area contributed by atoms with E-state index in [0.29, 0.717) is 18.8 Å². The zero-order chi connectivity index (χ0) is 14.0. The number of ether oxygens (including phenoxy) is 3. The molecule has 2 fully saturated rings. The molecule has 0 aromatic carbocycles. The molecular weight excluding hydrogens is 260 g/mol. The van der Waals surface area contributed by atoms with E-state index in [1.54, 1.807) is 18.3 Å². The standard InChI is InChI=1S/C14H18N2O4/c1-18-13(17)11-2-5-15-12(10-11)16-6-3-14(4-7-16)19-8-9-20-14/h2,5,10H,3-4,6-9H2,1H3. The summed E-state index contributed by atoms with van der Waals surface area (Å²) in [6.45, 7) is 2.96. The third-order valence-electron chi connectivity index (χ3n) is 3.83. The predicted molar refractivity (Wildman–Crippen MR) is 71.7 cm³/mol. The molecule has 1 aromatic rings. The molecule has 0 N–H and O–H groups in total. The third-order valence-corrected chi connectivity index (χ3v) is 3.83. The van der Waals surface area contributed by atoms with E-state index < -0.39 is 5.79 Å². The second kappa shape index (κ2) is 5.38. The summed E-state index contributed by atoms with van der Waals surface area (Å²) in [5, 5.41) is 0. The maximum absolute atomic E-state index is 11.5. The molecule has 2 saturated heterocycles. The molecule has 0 bridgehead atoms. The molecule has 1 aromatic heterocycles. The maximum Gasteiger partial charge on any atom is 0.338 e. The lowest BCUT2D eigenvalue weighted by molar-refractivity contribution is -0.169. The van der Waals surface area contributed by atoms with Crippen molar-refractivity contribution in [3.63, 3.8) is 0 Å². The number of nitrogens with zero attached hydrogens (tertiary/aromatic N) is 2. The van der Waals surface area contributed by atoms with Gasteiger partial charge in [0.2, 0.25) is 0 Å². The van der Waals surface area contributed by atoms with Crippen molar-refractivity contribution in [2.75, 3.05) is 38.3 Å². The van der Waals surface area contributed by atoms with E-state index in [9.17, 15) is 4.79 Å². The smallest absolute Gasteiger partial charge is 0.338 e. The van der Waals surface area contributed by atoms with Crippen molar-refractivity contribution < 1.29 is 19.0 Å². The average molecular weight is 278 g/mol. The molecule has 0 aliphatic carbocycles. The first-order valence-corrected chi connectivity index (χ1v) is 6.80. The number of rotatable bonds is 2. The van der Waals surface area contributed by atoms with Crippen molar-refractivity contribution in [3.05, 3.63) is 23.9 Å². The minimum atomic E-state index is -0.392. The van der Waals surface area contributed by atoms with E-state index in [4.69, 9.17) is 14.2 Å². The molecule has 2 aliphatic heterocycles. The lowest BCUT2D eigenvalue weighted by Gasteiger charge is -2.38. The van der Waals surface area contributed by atoms with Crippen LogP contribution in [0.1, 0.15) is 23.2 Å². The van der Waals surface area contributed by atoms with Gasteiger partial charge in [-0.1, -0.05) is 0 Å². The zero-order valence-corrected chi connectivity index (χ0v) is 11.5. The number of carbonyl (C=O) groups excluding carboxylic acids is 1. The summed E-state index contributed by atoms with van der Waals surface area (Å²) in [4.78, 5) is 18.0. The molecule has 3 rings (SSSR count). The van der Waals surface area contributed by atoms with Gasteiger partial charge >= 0.3 is 5.97 Å². The second-order valence-electron chi connectivity index (χ2n) is 4.99. The molecule has 2 aliphatic rings. The van der Waals surface area contributed by atoms with Gasteiger partial charge in [-0.3, -0.25) is 0 Å². The Kier molecular flexibility index (Phi) is 3.58. The van der Waals surface area contributed by atoms with Gasteiger partial charge in [-0.15, -0.1) is 0 Å². The highest BCUT2D eigenvalue weighted by molar-refractivity contribution is 5.90. The van der Waals surface area contributed by atoms with Gasteiger partial charge in [0.05, 0.1) is 25.9 Å². The first-order chi connectivity index (χ1) is 9.72. The van der Waals surface area contributed by atoms with Gasteiger partial charge in [-0.25, -0.2) is 9.78 Å². The van der Waals surface area contributed by atoms with Crippen molar-refractivity contribution in [3.8, 4) is 0 Å². The zero-order valence-electron chi connectivity index (χ0n) is 11.5. The number of anilines is 1. The Bertz CT molecular complexity index is 490. The highest BCUT2D eigenvalue weighted by Crippen LogP contribution is 2.32. The molecule has 0 saturated carbocycles. The number of piperidine rings is 1. The first kappa shape index (κ1) is 13.3. The first-order valence-electron chi connectivity index (χ1n) is 6.80. The Morgan fingerprint density at radius 1 is 1.35 bits per heavy atom. The van der Waals surface area contributed by atoms with E-state index in [-0.39, 0.29) is 5.97 Å². The quantitative estimate of drug-likeness (QED) is 0.758. The number of aromatic nitrogens is 1. The monoisotopic (exact) mass is 278 g/mol. The van der Waals surface area contributed by atoms with Crippen molar-refractivity contribution in [1.29, 1.82) is 0 Å². The van der Waals surface area contributed by atoms with Gasteiger partial charge in [0.15, 0.2) is 5.79 Å². The van der Waals surface area contributed by atoms with Gasteiger partial charge in [0.25, 0.3) is 0 Å². The highest BCUT2D eigenvalue weighted by Gasteiger charge is 2.40. The van der Waals surface area contributed by atoms with Crippen LogP contribution in [-0.2, 0) is 14.2 Å². The van der Waals surface area contributed by atoms with Crippen LogP contribution in [0.2, 0.25) is 0 Å². The van der Waals surface area contributed by atoms with Gasteiger partial charge in [-0.05, 0) is 12.1 Å². The van der Waals surface area contributed by atoms with Crippen LogP contribution in [0.25, 0.3) is 0 Å². The largest absolute Gasteiger partial charge is 0.465 e. The molecule has 0 unspecified atom stereocenters. The predicted octanol–water partition coefficient (Wildman–Crippen LogP) is 1.21. The molecule has 0 radical (unpaired) electrons. The molecule has 108 valence electrons. The van der Waals surface area contributed by atoms with Gasteiger partial charge in [0, 0.05) is 32.1 Å².